The van der Waals surface area contributed by atoms with E-state index in [9.17, 15) is 9.18 Å². The van der Waals surface area contributed by atoms with Crippen molar-refractivity contribution >= 4 is 17.6 Å². The minimum Gasteiger partial charge on any atom is -0.484 e. The summed E-state index contributed by atoms with van der Waals surface area (Å²) >= 11 is 5.65. The molecule has 0 fully saturated rings. The number of hydrogen-bond acceptors (Lipinski definition) is 2. The number of carbonyl (C=O) groups is 1. The summed E-state index contributed by atoms with van der Waals surface area (Å²) in [7, 11) is 0. The number of para-hydroxylation sites is 1. The van der Waals surface area contributed by atoms with Gasteiger partial charge in [0.2, 0.25) is 0 Å². The Balaban J connectivity index is 2.73. The van der Waals surface area contributed by atoms with E-state index in [0.29, 0.717) is 0 Å². The van der Waals surface area contributed by atoms with Crippen LogP contribution in [0.3, 0.4) is 0 Å². The van der Waals surface area contributed by atoms with Crippen LogP contribution in [-0.4, -0.2) is 17.7 Å². The van der Waals surface area contributed by atoms with Gasteiger partial charge < -0.3 is 9.84 Å². The lowest BCUT2D eigenvalue weighted by atomic mass is 10.3. The predicted octanol–water partition coefficient (Wildman–Crippen LogP) is 2.50. The first kappa shape index (κ1) is 11.5. The first-order chi connectivity index (χ1) is 7.02. The minimum absolute atomic E-state index is 0.0909. The van der Waals surface area contributed by atoms with Crippen molar-refractivity contribution in [2.24, 2.45) is 0 Å². The highest BCUT2D eigenvalue weighted by atomic mass is 35.5. The molecular formula is C10H8ClFO3. The van der Waals surface area contributed by atoms with E-state index in [1.165, 1.54) is 18.2 Å². The topological polar surface area (TPSA) is 46.5 Å². The van der Waals surface area contributed by atoms with Crippen LogP contribution in [0, 0.1) is 5.82 Å². The maximum absolute atomic E-state index is 13.1. The zero-order valence-corrected chi connectivity index (χ0v) is 8.42. The Morgan fingerprint density at radius 2 is 2.27 bits per heavy atom. The fourth-order valence-electron chi connectivity index (χ4n) is 0.841. The van der Waals surface area contributed by atoms with Crippen LogP contribution < -0.4 is 4.74 Å². The number of rotatable bonds is 4. The molecule has 1 N–H and O–H groups in total. The monoisotopic (exact) mass is 230 g/mol. The van der Waals surface area contributed by atoms with E-state index in [1.807, 2.05) is 0 Å². The van der Waals surface area contributed by atoms with E-state index < -0.39 is 11.8 Å². The molecule has 1 rings (SSSR count). The van der Waals surface area contributed by atoms with E-state index in [2.05, 4.69) is 6.58 Å². The fraction of sp³-hybridized carbons (Fsp3) is 0.100. The van der Waals surface area contributed by atoms with Gasteiger partial charge in [-0.2, -0.15) is 0 Å². The maximum atomic E-state index is 13.1. The zero-order chi connectivity index (χ0) is 11.4. The van der Waals surface area contributed by atoms with Gasteiger partial charge in [0.25, 0.3) is 0 Å². The van der Waals surface area contributed by atoms with Crippen molar-refractivity contribution in [3.63, 3.8) is 0 Å². The zero-order valence-electron chi connectivity index (χ0n) is 7.67. The Kier molecular flexibility index (Phi) is 3.68. The molecule has 0 atom stereocenters. The number of carboxylic acid groups (broad SMARTS) is 1. The molecular weight excluding hydrogens is 223 g/mol. The average Bonchev–Trinajstić information content (AvgIpc) is 2.16. The van der Waals surface area contributed by atoms with Gasteiger partial charge in [-0.25, -0.2) is 9.18 Å². The molecule has 0 aliphatic heterocycles. The molecule has 0 aliphatic rings. The van der Waals surface area contributed by atoms with Gasteiger partial charge in [-0.05, 0) is 12.1 Å². The Labute approximate surface area is 90.7 Å². The number of ether oxygens (including phenoxy) is 1. The normalized spacial score (nSPS) is 9.73. The molecule has 15 heavy (non-hydrogen) atoms. The molecule has 0 spiro atoms. The minimum atomic E-state index is -1.19. The molecule has 0 aromatic heterocycles. The molecule has 1 aromatic carbocycles. The van der Waals surface area contributed by atoms with E-state index in [0.717, 1.165) is 0 Å². The van der Waals surface area contributed by atoms with Gasteiger partial charge >= 0.3 is 5.97 Å². The summed E-state index contributed by atoms with van der Waals surface area (Å²) in [5.74, 6) is -2.00. The van der Waals surface area contributed by atoms with Crippen LogP contribution in [0.5, 0.6) is 5.75 Å². The molecule has 0 unspecified atom stereocenters. The van der Waals surface area contributed by atoms with Gasteiger partial charge in [0.1, 0.15) is 6.61 Å². The first-order valence-corrected chi connectivity index (χ1v) is 4.38. The lowest BCUT2D eigenvalue weighted by Gasteiger charge is -2.08. The van der Waals surface area contributed by atoms with Crippen LogP contribution in [0.1, 0.15) is 0 Å². The standard InChI is InChI=1S/C10H8ClFO3/c1-6(10(13)14)5-15-9-7(11)3-2-4-8(9)12/h2-4H,1,5H2,(H,13,14). The quantitative estimate of drug-likeness (QED) is 0.809. The van der Waals surface area contributed by atoms with Crippen LogP contribution in [0.2, 0.25) is 5.02 Å². The Morgan fingerprint density at radius 1 is 1.60 bits per heavy atom. The molecule has 0 aliphatic carbocycles. The second kappa shape index (κ2) is 4.79. The molecule has 0 amide bonds. The van der Waals surface area contributed by atoms with Gasteiger partial charge in [0, 0.05) is 0 Å². The van der Waals surface area contributed by atoms with Crippen molar-refractivity contribution in [2.75, 3.05) is 6.61 Å². The summed E-state index contributed by atoms with van der Waals surface area (Å²) in [5, 5.41) is 8.58. The molecule has 80 valence electrons. The van der Waals surface area contributed by atoms with Crippen molar-refractivity contribution in [2.45, 2.75) is 0 Å². The summed E-state index contributed by atoms with van der Waals surface area (Å²) < 4.78 is 18.0. The molecule has 0 radical (unpaired) electrons. The van der Waals surface area contributed by atoms with E-state index in [-0.39, 0.29) is 23.0 Å². The molecule has 3 nitrogen and oxygen atoms in total. The van der Waals surface area contributed by atoms with E-state index in [1.54, 1.807) is 0 Å². The molecule has 0 saturated heterocycles. The Bertz CT molecular complexity index is 383. The van der Waals surface area contributed by atoms with Crippen LogP contribution in [-0.2, 0) is 4.79 Å². The third-order valence-electron chi connectivity index (χ3n) is 1.61. The predicted molar refractivity (Wildman–Crippen MR) is 53.7 cm³/mol. The SMILES string of the molecule is C=C(COc1c(F)cccc1Cl)C(=O)O. The smallest absolute Gasteiger partial charge is 0.334 e. The first-order valence-electron chi connectivity index (χ1n) is 4.00. The van der Waals surface area contributed by atoms with Gasteiger partial charge in [-0.3, -0.25) is 0 Å². The number of halogens is 2. The summed E-state index contributed by atoms with van der Waals surface area (Å²) in [6.07, 6.45) is 0. The van der Waals surface area contributed by atoms with E-state index >= 15 is 0 Å². The third-order valence-corrected chi connectivity index (χ3v) is 1.91. The highest BCUT2D eigenvalue weighted by molar-refractivity contribution is 6.32. The highest BCUT2D eigenvalue weighted by Gasteiger charge is 2.10. The molecule has 5 heteroatoms. The largest absolute Gasteiger partial charge is 0.484 e. The molecule has 0 bridgehead atoms. The number of carboxylic acids is 1. The highest BCUT2D eigenvalue weighted by Crippen LogP contribution is 2.27. The summed E-state index contributed by atoms with van der Waals surface area (Å²) in [4.78, 5) is 10.4. The van der Waals surface area contributed by atoms with Gasteiger partial charge in [0.15, 0.2) is 11.6 Å². The third kappa shape index (κ3) is 2.95. The second-order valence-corrected chi connectivity index (χ2v) is 3.16. The van der Waals surface area contributed by atoms with Crippen molar-refractivity contribution < 1.29 is 19.0 Å². The van der Waals surface area contributed by atoms with Crippen molar-refractivity contribution in [1.29, 1.82) is 0 Å². The maximum Gasteiger partial charge on any atom is 0.334 e. The lowest BCUT2D eigenvalue weighted by molar-refractivity contribution is -0.133. The number of aliphatic carboxylic acids is 1. The average molecular weight is 231 g/mol. The van der Waals surface area contributed by atoms with E-state index in [4.69, 9.17) is 21.4 Å². The van der Waals surface area contributed by atoms with Crippen LogP contribution in [0.25, 0.3) is 0 Å². The molecule has 0 saturated carbocycles. The van der Waals surface area contributed by atoms with Crippen molar-refractivity contribution in [1.82, 2.24) is 0 Å². The van der Waals surface area contributed by atoms with Crippen LogP contribution in [0.15, 0.2) is 30.4 Å². The molecule has 0 heterocycles. The fourth-order valence-corrected chi connectivity index (χ4v) is 1.06. The van der Waals surface area contributed by atoms with Crippen LogP contribution in [0.4, 0.5) is 4.39 Å². The Morgan fingerprint density at radius 3 is 2.80 bits per heavy atom. The van der Waals surface area contributed by atoms with Crippen LogP contribution >= 0.6 is 11.6 Å². The van der Waals surface area contributed by atoms with Gasteiger partial charge in [0.05, 0.1) is 10.6 Å². The Hall–Kier alpha value is -1.55. The van der Waals surface area contributed by atoms with Crippen molar-refractivity contribution in [3.8, 4) is 5.75 Å². The summed E-state index contributed by atoms with van der Waals surface area (Å²) in [5.41, 5.74) is -0.172. The summed E-state index contributed by atoms with van der Waals surface area (Å²) in [6, 6.07) is 4.05. The second-order valence-electron chi connectivity index (χ2n) is 2.75. The number of benzene rings is 1. The summed E-state index contributed by atoms with van der Waals surface area (Å²) in [6.45, 7) is 2.93. The molecule has 1 aromatic rings. The lowest BCUT2D eigenvalue weighted by Crippen LogP contribution is -2.09. The van der Waals surface area contributed by atoms with Gasteiger partial charge in [-0.15, -0.1) is 0 Å². The van der Waals surface area contributed by atoms with Gasteiger partial charge in [-0.1, -0.05) is 24.2 Å². The number of hydrogen-bond donors (Lipinski definition) is 1. The van der Waals surface area contributed by atoms with Crippen molar-refractivity contribution in [3.05, 3.63) is 41.2 Å².